The minimum absolute atomic E-state index is 0.104. The molecule has 98 valence electrons. The first-order chi connectivity index (χ1) is 8.56. The van der Waals surface area contributed by atoms with Crippen molar-refractivity contribution < 1.29 is 5.17 Å². The summed E-state index contributed by atoms with van der Waals surface area (Å²) in [6.07, 6.45) is 0. The van der Waals surface area contributed by atoms with Crippen molar-refractivity contribution in [3.8, 4) is 0 Å². The van der Waals surface area contributed by atoms with E-state index in [0.29, 0.717) is 18.2 Å². The van der Waals surface area contributed by atoms with Gasteiger partial charge in [0.15, 0.2) is 5.69 Å². The molecule has 18 heavy (non-hydrogen) atoms. The smallest absolute Gasteiger partial charge is 0.243 e. The number of nitrogens with one attached hydrogen (secondary N) is 3. The molecule has 1 unspecified atom stereocenters. The van der Waals surface area contributed by atoms with Gasteiger partial charge in [0.2, 0.25) is 5.96 Å². The van der Waals surface area contributed by atoms with Crippen molar-refractivity contribution in [1.82, 2.24) is 10.3 Å². The zero-order chi connectivity index (χ0) is 13.1. The third kappa shape index (κ3) is 2.98. The van der Waals surface area contributed by atoms with Crippen LogP contribution in [-0.4, -0.2) is 38.0 Å². The van der Waals surface area contributed by atoms with Crippen LogP contribution in [0.5, 0.6) is 0 Å². The summed E-state index contributed by atoms with van der Waals surface area (Å²) in [7, 11) is 3.98. The number of hydrogen-bond donors (Lipinski definition) is 3. The summed E-state index contributed by atoms with van der Waals surface area (Å²) < 4.78 is 0. The number of rotatable bonds is 3. The minimum atomic E-state index is -0.104. The van der Waals surface area contributed by atoms with E-state index >= 15 is 0 Å². The quantitative estimate of drug-likeness (QED) is 0.652. The average molecular weight is 249 g/mol. The highest BCUT2D eigenvalue weighted by Crippen LogP contribution is 2.20. The fourth-order valence-corrected chi connectivity index (χ4v) is 1.73. The van der Waals surface area contributed by atoms with Gasteiger partial charge in [-0.25, -0.2) is 10.2 Å². The summed E-state index contributed by atoms with van der Waals surface area (Å²) in [5.74, 6) is 0.528. The van der Waals surface area contributed by atoms with E-state index in [2.05, 4.69) is 15.7 Å². The molecule has 2 rings (SSSR count). The number of benzene rings is 1. The molecule has 0 saturated carbocycles. The molecule has 0 spiro atoms. The summed E-state index contributed by atoms with van der Waals surface area (Å²) in [6, 6.07) is 5.70. The molecule has 0 amide bonds. The van der Waals surface area contributed by atoms with Gasteiger partial charge in [0, 0.05) is 12.6 Å². The molecule has 6 nitrogen and oxygen atoms in total. The van der Waals surface area contributed by atoms with E-state index < -0.39 is 0 Å². The van der Waals surface area contributed by atoms with Crippen molar-refractivity contribution in [3.63, 3.8) is 0 Å². The zero-order valence-corrected chi connectivity index (χ0v) is 10.9. The van der Waals surface area contributed by atoms with Crippen LogP contribution < -0.4 is 15.9 Å². The maximum Gasteiger partial charge on any atom is 0.243 e. The van der Waals surface area contributed by atoms with Gasteiger partial charge < -0.3 is 15.4 Å². The van der Waals surface area contributed by atoms with Crippen LogP contribution in [0.1, 0.15) is 5.56 Å². The van der Waals surface area contributed by atoms with Gasteiger partial charge in [-0.2, -0.15) is 5.43 Å². The lowest BCUT2D eigenvalue weighted by Crippen LogP contribution is -3.11. The molecule has 6 heteroatoms. The fraction of sp³-hybridized carbons (Fsp3) is 0.417. The van der Waals surface area contributed by atoms with Crippen LogP contribution in [0, 0.1) is 12.1 Å². The van der Waals surface area contributed by atoms with Gasteiger partial charge in [-0.05, 0) is 32.6 Å². The van der Waals surface area contributed by atoms with Crippen LogP contribution in [0.4, 0.5) is 11.4 Å². The zero-order valence-electron chi connectivity index (χ0n) is 10.9. The topological polar surface area (TPSA) is 67.2 Å². The number of anilines is 1. The van der Waals surface area contributed by atoms with Crippen LogP contribution in [0.2, 0.25) is 0 Å². The van der Waals surface area contributed by atoms with Gasteiger partial charge in [-0.1, -0.05) is 6.07 Å². The Morgan fingerprint density at radius 1 is 1.39 bits per heavy atom. The lowest BCUT2D eigenvalue weighted by atomic mass is 10.2. The molecule has 0 fully saturated rings. The van der Waals surface area contributed by atoms with Crippen molar-refractivity contribution in [2.24, 2.45) is 4.99 Å². The third-order valence-corrected chi connectivity index (χ3v) is 2.72. The molecule has 0 aromatic heterocycles. The Hall–Kier alpha value is -1.63. The lowest BCUT2D eigenvalue weighted by molar-refractivity contribution is -0.816. The van der Waals surface area contributed by atoms with Gasteiger partial charge in [0.25, 0.3) is 0 Å². The number of hydrogen-bond acceptors (Lipinski definition) is 3. The van der Waals surface area contributed by atoms with E-state index in [1.54, 1.807) is 0 Å². The predicted molar refractivity (Wildman–Crippen MR) is 72.8 cm³/mol. The first-order valence-electron chi connectivity index (χ1n) is 5.94. The minimum Gasteiger partial charge on any atom is -0.603 e. The summed E-state index contributed by atoms with van der Waals surface area (Å²) in [5.41, 5.74) is 5.34. The van der Waals surface area contributed by atoms with E-state index in [4.69, 9.17) is 0 Å². The highest BCUT2D eigenvalue weighted by Gasteiger charge is 2.19. The number of fused-ring (bicyclic) bond motifs is 1. The number of guanidine groups is 1. The fourth-order valence-electron chi connectivity index (χ4n) is 1.73. The van der Waals surface area contributed by atoms with Gasteiger partial charge in [0.1, 0.15) is 5.69 Å². The Bertz CT molecular complexity index is 458. The summed E-state index contributed by atoms with van der Waals surface area (Å²) >= 11 is 0. The van der Waals surface area contributed by atoms with Gasteiger partial charge in [-0.15, -0.1) is 0 Å². The number of aliphatic imine (C=N–C) groups is 1. The first kappa shape index (κ1) is 12.8. The Kier molecular flexibility index (Phi) is 3.81. The Morgan fingerprint density at radius 2 is 2.17 bits per heavy atom. The van der Waals surface area contributed by atoms with E-state index in [0.717, 1.165) is 17.8 Å². The maximum absolute atomic E-state index is 11.9. The summed E-state index contributed by atoms with van der Waals surface area (Å²) in [4.78, 5) is 6.38. The number of likely N-dealkylation sites (N-methyl/N-ethyl adjacent to an activating group) is 1. The van der Waals surface area contributed by atoms with Crippen LogP contribution in [0.15, 0.2) is 23.2 Å². The Labute approximate surface area is 107 Å². The van der Waals surface area contributed by atoms with Crippen LogP contribution in [0.3, 0.4) is 0 Å². The second-order valence-electron chi connectivity index (χ2n) is 4.66. The normalized spacial score (nSPS) is 20.5. The molecule has 0 bridgehead atoms. The SMILES string of the molecule is Cc1ccc2c(c1)NC(=NCCN(C)C)N[NH+]2[O-]. The van der Waals surface area contributed by atoms with Gasteiger partial charge in [0.05, 0.1) is 6.54 Å². The maximum atomic E-state index is 11.9. The highest BCUT2D eigenvalue weighted by molar-refractivity contribution is 5.96. The molecule has 1 aromatic carbocycles. The monoisotopic (exact) mass is 249 g/mol. The molecule has 1 aromatic rings. The first-order valence-corrected chi connectivity index (χ1v) is 5.94. The largest absolute Gasteiger partial charge is 0.603 e. The van der Waals surface area contributed by atoms with E-state index in [9.17, 15) is 5.21 Å². The number of quaternary nitrogens is 1. The van der Waals surface area contributed by atoms with Crippen molar-refractivity contribution in [1.29, 1.82) is 0 Å². The van der Waals surface area contributed by atoms with Crippen LogP contribution in [-0.2, 0) is 0 Å². The Balaban J connectivity index is 2.11. The molecule has 1 aliphatic rings. The standard InChI is InChI=1S/C12H19N5O/c1-9-4-5-11-10(8-9)14-12(15-17(11)18)13-6-7-16(2)3/h4-5,8,17H,6-7H2,1-3H3,(H2,13,14,15). The van der Waals surface area contributed by atoms with Gasteiger partial charge in [-0.3, -0.25) is 0 Å². The summed E-state index contributed by atoms with van der Waals surface area (Å²) in [6.45, 7) is 3.50. The molecule has 1 aliphatic heterocycles. The number of aryl methyl sites for hydroxylation is 1. The van der Waals surface area contributed by atoms with Gasteiger partial charge >= 0.3 is 0 Å². The van der Waals surface area contributed by atoms with E-state index in [1.165, 1.54) is 0 Å². The molecule has 0 aliphatic carbocycles. The van der Waals surface area contributed by atoms with Crippen molar-refractivity contribution in [2.45, 2.75) is 6.92 Å². The highest BCUT2D eigenvalue weighted by atomic mass is 16.5. The van der Waals surface area contributed by atoms with Crippen molar-refractivity contribution in [3.05, 3.63) is 29.0 Å². The molecule has 3 N–H and O–H groups in total. The molecule has 0 radical (unpaired) electrons. The van der Waals surface area contributed by atoms with Crippen LogP contribution in [0.25, 0.3) is 0 Å². The molecular formula is C12H19N5O. The summed E-state index contributed by atoms with van der Waals surface area (Å²) in [5, 5.41) is 14.9. The van der Waals surface area contributed by atoms with Crippen molar-refractivity contribution >= 4 is 17.3 Å². The van der Waals surface area contributed by atoms with E-state index in [1.807, 2.05) is 44.1 Å². The molecular weight excluding hydrogens is 230 g/mol. The van der Waals surface area contributed by atoms with Crippen molar-refractivity contribution in [2.75, 3.05) is 32.5 Å². The molecule has 1 heterocycles. The molecule has 1 atom stereocenters. The average Bonchev–Trinajstić information content (AvgIpc) is 2.27. The predicted octanol–water partition coefficient (Wildman–Crippen LogP) is -0.143. The lowest BCUT2D eigenvalue weighted by Gasteiger charge is -2.30. The Morgan fingerprint density at radius 3 is 2.89 bits per heavy atom. The number of nitrogens with zero attached hydrogens (tertiary/aromatic N) is 2. The third-order valence-electron chi connectivity index (χ3n) is 2.72. The van der Waals surface area contributed by atoms with Crippen LogP contribution >= 0.6 is 0 Å². The molecule has 0 saturated heterocycles. The second-order valence-corrected chi connectivity index (χ2v) is 4.66. The van der Waals surface area contributed by atoms with E-state index in [-0.39, 0.29) is 5.17 Å². The second kappa shape index (κ2) is 5.34.